The molecule has 0 fully saturated rings. The van der Waals surface area contributed by atoms with Crippen molar-refractivity contribution in [2.24, 2.45) is 0 Å². The van der Waals surface area contributed by atoms with E-state index in [1.807, 2.05) is 6.07 Å². The van der Waals surface area contributed by atoms with Gasteiger partial charge in [0.25, 0.3) is 0 Å². The number of fused-ring (bicyclic) bond motifs is 1. The van der Waals surface area contributed by atoms with Gasteiger partial charge in [-0.15, -0.1) is 0 Å². The van der Waals surface area contributed by atoms with Gasteiger partial charge in [0, 0.05) is 26.1 Å². The van der Waals surface area contributed by atoms with Crippen molar-refractivity contribution in [2.75, 3.05) is 33.4 Å². The van der Waals surface area contributed by atoms with Crippen LogP contribution in [-0.2, 0) is 4.74 Å². The summed E-state index contributed by atoms with van der Waals surface area (Å²) in [6, 6.07) is 8.32. The van der Waals surface area contributed by atoms with Crippen molar-refractivity contribution in [1.29, 1.82) is 0 Å². The van der Waals surface area contributed by atoms with Gasteiger partial charge in [0.15, 0.2) is 0 Å². The van der Waals surface area contributed by atoms with Crippen LogP contribution in [0.25, 0.3) is 0 Å². The van der Waals surface area contributed by atoms with Gasteiger partial charge >= 0.3 is 0 Å². The Labute approximate surface area is 96.8 Å². The predicted octanol–water partition coefficient (Wildman–Crippen LogP) is 1.79. The van der Waals surface area contributed by atoms with Crippen molar-refractivity contribution in [3.8, 4) is 5.75 Å². The number of nitrogens with one attached hydrogen (secondary N) is 1. The van der Waals surface area contributed by atoms with Crippen LogP contribution in [0.4, 0.5) is 0 Å². The fourth-order valence-electron chi connectivity index (χ4n) is 2.08. The zero-order valence-electron chi connectivity index (χ0n) is 9.74. The first-order valence-electron chi connectivity index (χ1n) is 5.83. The summed E-state index contributed by atoms with van der Waals surface area (Å²) in [6.45, 7) is 3.51. The molecule has 0 aromatic heterocycles. The van der Waals surface area contributed by atoms with Gasteiger partial charge < -0.3 is 14.8 Å². The third-order valence-corrected chi connectivity index (χ3v) is 2.96. The Bertz CT molecular complexity index is 327. The molecule has 0 amide bonds. The van der Waals surface area contributed by atoms with Crippen LogP contribution in [0.5, 0.6) is 5.75 Å². The zero-order valence-corrected chi connectivity index (χ0v) is 9.74. The molecule has 88 valence electrons. The molecule has 3 nitrogen and oxygen atoms in total. The van der Waals surface area contributed by atoms with Crippen molar-refractivity contribution in [3.63, 3.8) is 0 Å². The van der Waals surface area contributed by atoms with Crippen LogP contribution in [0, 0.1) is 0 Å². The summed E-state index contributed by atoms with van der Waals surface area (Å²) in [4.78, 5) is 0. The molecule has 0 saturated carbocycles. The standard InChI is InChI=1S/C13H19NO2/c1-15-9-7-14-10-11-6-8-16-13-5-3-2-4-12(11)13/h2-5,11,14H,6-10H2,1H3. The largest absolute Gasteiger partial charge is 0.493 e. The van der Waals surface area contributed by atoms with E-state index < -0.39 is 0 Å². The lowest BCUT2D eigenvalue weighted by Crippen LogP contribution is -2.28. The number of methoxy groups -OCH3 is 1. The summed E-state index contributed by atoms with van der Waals surface area (Å²) in [6.07, 6.45) is 1.09. The molecule has 1 aliphatic rings. The first kappa shape index (κ1) is 11.4. The van der Waals surface area contributed by atoms with Crippen molar-refractivity contribution in [1.82, 2.24) is 5.32 Å². The Kier molecular flexibility index (Phi) is 4.19. The summed E-state index contributed by atoms with van der Waals surface area (Å²) in [7, 11) is 1.73. The van der Waals surface area contributed by atoms with E-state index in [1.165, 1.54) is 5.56 Å². The summed E-state index contributed by atoms with van der Waals surface area (Å²) in [5.41, 5.74) is 1.33. The maximum Gasteiger partial charge on any atom is 0.122 e. The summed E-state index contributed by atoms with van der Waals surface area (Å²) in [5, 5.41) is 3.42. The molecular formula is C13H19NO2. The Morgan fingerprint density at radius 2 is 2.31 bits per heavy atom. The highest BCUT2D eigenvalue weighted by Crippen LogP contribution is 2.32. The first-order valence-corrected chi connectivity index (χ1v) is 5.83. The Morgan fingerprint density at radius 1 is 1.44 bits per heavy atom. The maximum atomic E-state index is 5.63. The number of benzene rings is 1. The van der Waals surface area contributed by atoms with E-state index in [0.29, 0.717) is 5.92 Å². The average molecular weight is 221 g/mol. The molecule has 1 N–H and O–H groups in total. The second-order valence-electron chi connectivity index (χ2n) is 4.07. The molecule has 0 radical (unpaired) electrons. The molecule has 1 aromatic rings. The predicted molar refractivity (Wildman–Crippen MR) is 64.0 cm³/mol. The number of ether oxygens (including phenoxy) is 2. The highest BCUT2D eigenvalue weighted by molar-refractivity contribution is 5.37. The smallest absolute Gasteiger partial charge is 0.122 e. The lowest BCUT2D eigenvalue weighted by atomic mass is 9.93. The highest BCUT2D eigenvalue weighted by atomic mass is 16.5. The molecule has 1 aromatic carbocycles. The van der Waals surface area contributed by atoms with E-state index >= 15 is 0 Å². The van der Waals surface area contributed by atoms with Crippen LogP contribution in [0.15, 0.2) is 24.3 Å². The average Bonchev–Trinajstić information content (AvgIpc) is 2.35. The molecule has 0 aliphatic carbocycles. The van der Waals surface area contributed by atoms with Gasteiger partial charge in [-0.2, -0.15) is 0 Å². The molecule has 0 spiro atoms. The molecule has 16 heavy (non-hydrogen) atoms. The number of rotatable bonds is 5. The second-order valence-corrected chi connectivity index (χ2v) is 4.07. The number of hydrogen-bond acceptors (Lipinski definition) is 3. The van der Waals surface area contributed by atoms with Crippen LogP contribution >= 0.6 is 0 Å². The lowest BCUT2D eigenvalue weighted by Gasteiger charge is -2.26. The van der Waals surface area contributed by atoms with E-state index in [2.05, 4.69) is 23.5 Å². The molecule has 0 saturated heterocycles. The Morgan fingerprint density at radius 3 is 3.19 bits per heavy atom. The third kappa shape index (κ3) is 2.74. The quantitative estimate of drug-likeness (QED) is 0.769. The number of para-hydroxylation sites is 1. The van der Waals surface area contributed by atoms with Crippen LogP contribution in [0.3, 0.4) is 0 Å². The Balaban J connectivity index is 1.91. The monoisotopic (exact) mass is 221 g/mol. The van der Waals surface area contributed by atoms with Crippen LogP contribution in [0.1, 0.15) is 17.9 Å². The first-order chi connectivity index (χ1) is 7.92. The van der Waals surface area contributed by atoms with E-state index in [-0.39, 0.29) is 0 Å². The van der Waals surface area contributed by atoms with Gasteiger partial charge in [0.2, 0.25) is 0 Å². The van der Waals surface area contributed by atoms with Gasteiger partial charge in [0.1, 0.15) is 5.75 Å². The van der Waals surface area contributed by atoms with Gasteiger partial charge in [-0.1, -0.05) is 18.2 Å². The fraction of sp³-hybridized carbons (Fsp3) is 0.538. The van der Waals surface area contributed by atoms with Gasteiger partial charge in [-0.25, -0.2) is 0 Å². The van der Waals surface area contributed by atoms with Crippen molar-refractivity contribution in [2.45, 2.75) is 12.3 Å². The normalized spacial score (nSPS) is 18.9. The summed E-state index contributed by atoms with van der Waals surface area (Å²) in [5.74, 6) is 1.62. The van der Waals surface area contributed by atoms with Crippen molar-refractivity contribution >= 4 is 0 Å². The fourth-order valence-corrected chi connectivity index (χ4v) is 2.08. The SMILES string of the molecule is COCCNCC1CCOc2ccccc21. The van der Waals surface area contributed by atoms with E-state index in [4.69, 9.17) is 9.47 Å². The summed E-state index contributed by atoms with van der Waals surface area (Å²) >= 11 is 0. The van der Waals surface area contributed by atoms with Gasteiger partial charge in [0.05, 0.1) is 13.2 Å². The van der Waals surface area contributed by atoms with Crippen molar-refractivity contribution < 1.29 is 9.47 Å². The molecule has 3 heteroatoms. The molecule has 1 heterocycles. The van der Waals surface area contributed by atoms with E-state index in [9.17, 15) is 0 Å². The molecule has 1 aliphatic heterocycles. The zero-order chi connectivity index (χ0) is 11.2. The van der Waals surface area contributed by atoms with Crippen LogP contribution < -0.4 is 10.1 Å². The minimum atomic E-state index is 0.571. The van der Waals surface area contributed by atoms with E-state index in [0.717, 1.165) is 38.5 Å². The van der Waals surface area contributed by atoms with Crippen LogP contribution in [0.2, 0.25) is 0 Å². The lowest BCUT2D eigenvalue weighted by molar-refractivity contribution is 0.197. The number of hydrogen-bond donors (Lipinski definition) is 1. The second kappa shape index (κ2) is 5.87. The molecular weight excluding hydrogens is 202 g/mol. The molecule has 0 bridgehead atoms. The minimum Gasteiger partial charge on any atom is -0.493 e. The third-order valence-electron chi connectivity index (χ3n) is 2.96. The van der Waals surface area contributed by atoms with E-state index in [1.54, 1.807) is 7.11 Å². The Hall–Kier alpha value is -1.06. The van der Waals surface area contributed by atoms with Gasteiger partial charge in [-0.3, -0.25) is 0 Å². The summed E-state index contributed by atoms with van der Waals surface area (Å²) < 4.78 is 10.6. The molecule has 1 unspecified atom stereocenters. The highest BCUT2D eigenvalue weighted by Gasteiger charge is 2.20. The van der Waals surface area contributed by atoms with Gasteiger partial charge in [-0.05, 0) is 18.1 Å². The molecule has 1 atom stereocenters. The topological polar surface area (TPSA) is 30.5 Å². The minimum absolute atomic E-state index is 0.571. The van der Waals surface area contributed by atoms with Crippen LogP contribution in [-0.4, -0.2) is 33.4 Å². The maximum absolute atomic E-state index is 5.63. The van der Waals surface area contributed by atoms with Crippen molar-refractivity contribution in [3.05, 3.63) is 29.8 Å². The molecule has 2 rings (SSSR count).